The summed E-state index contributed by atoms with van der Waals surface area (Å²) in [4.78, 5) is 26.6. The quantitative estimate of drug-likeness (QED) is 0.724. The summed E-state index contributed by atoms with van der Waals surface area (Å²) in [5.41, 5.74) is 0.482. The van der Waals surface area contributed by atoms with Crippen LogP contribution in [0.5, 0.6) is 0 Å². The summed E-state index contributed by atoms with van der Waals surface area (Å²) in [5.74, 6) is -0.569. The van der Waals surface area contributed by atoms with Crippen molar-refractivity contribution in [2.75, 3.05) is 18.4 Å². The van der Waals surface area contributed by atoms with Gasteiger partial charge >= 0.3 is 0 Å². The Balaban J connectivity index is 1.42. The molecule has 1 atom stereocenters. The van der Waals surface area contributed by atoms with Gasteiger partial charge in [0, 0.05) is 24.7 Å². The molecule has 0 bridgehead atoms. The number of aromatic nitrogens is 2. The molecule has 1 aliphatic rings. The summed E-state index contributed by atoms with van der Waals surface area (Å²) in [6.45, 7) is 1.17. The zero-order valence-electron chi connectivity index (χ0n) is 14.8. The topological polar surface area (TPSA) is 88.3 Å². The molecule has 1 fully saturated rings. The number of nitrogens with zero attached hydrogens (tertiary/aromatic N) is 3. The molecule has 0 aliphatic carbocycles. The molecule has 0 saturated carbocycles. The van der Waals surface area contributed by atoms with Gasteiger partial charge < -0.3 is 14.6 Å². The van der Waals surface area contributed by atoms with Crippen LogP contribution in [0.1, 0.15) is 44.1 Å². The largest absolute Gasteiger partial charge is 0.459 e. The van der Waals surface area contributed by atoms with E-state index in [-0.39, 0.29) is 22.6 Å². The van der Waals surface area contributed by atoms with Crippen molar-refractivity contribution in [2.45, 2.75) is 18.8 Å². The van der Waals surface area contributed by atoms with Gasteiger partial charge in [0.05, 0.1) is 6.26 Å². The summed E-state index contributed by atoms with van der Waals surface area (Å²) >= 11 is 1.21. The number of hydrogen-bond donors (Lipinski definition) is 1. The maximum Gasteiger partial charge on any atom is 0.289 e. The Labute approximate surface area is 164 Å². The third-order valence-electron chi connectivity index (χ3n) is 4.53. The molecule has 7 nitrogen and oxygen atoms in total. The average molecular weight is 400 g/mol. The van der Waals surface area contributed by atoms with Crippen LogP contribution in [-0.4, -0.2) is 40.0 Å². The fraction of sp³-hybridized carbons (Fsp3) is 0.263. The zero-order valence-corrected chi connectivity index (χ0v) is 15.6. The van der Waals surface area contributed by atoms with Crippen molar-refractivity contribution in [2.24, 2.45) is 0 Å². The number of piperidine rings is 1. The molecule has 2 amide bonds. The van der Waals surface area contributed by atoms with Crippen molar-refractivity contribution < 1.29 is 18.4 Å². The van der Waals surface area contributed by atoms with Crippen LogP contribution < -0.4 is 5.32 Å². The van der Waals surface area contributed by atoms with Crippen LogP contribution in [0.25, 0.3) is 0 Å². The van der Waals surface area contributed by atoms with Crippen LogP contribution in [0.4, 0.5) is 10.1 Å². The van der Waals surface area contributed by atoms with Gasteiger partial charge in [-0.3, -0.25) is 9.59 Å². The highest BCUT2D eigenvalue weighted by molar-refractivity contribution is 7.13. The second-order valence-corrected chi connectivity index (χ2v) is 7.48. The number of amides is 2. The molecule has 1 aliphatic heterocycles. The summed E-state index contributed by atoms with van der Waals surface area (Å²) in [6, 6.07) is 8.84. The lowest BCUT2D eigenvalue weighted by atomic mass is 9.98. The van der Waals surface area contributed by atoms with Gasteiger partial charge in [-0.2, -0.15) is 0 Å². The standard InChI is InChI=1S/C19H17FN4O3S/c20-13-5-7-14(8-6-13)21-16(25)18-23-22-17(28-18)12-3-1-9-24(11-12)19(26)15-4-2-10-27-15/h2,4-8,10,12H,1,3,9,11H2,(H,21,25). The number of nitrogens with one attached hydrogen (secondary N) is 1. The number of hydrogen-bond acceptors (Lipinski definition) is 6. The molecule has 4 rings (SSSR count). The Hall–Kier alpha value is -3.07. The van der Waals surface area contributed by atoms with Gasteiger partial charge in [-0.25, -0.2) is 4.39 Å². The maximum absolute atomic E-state index is 13.0. The number of carbonyl (C=O) groups is 2. The summed E-state index contributed by atoms with van der Waals surface area (Å²) in [7, 11) is 0. The number of anilines is 1. The van der Waals surface area contributed by atoms with Crippen molar-refractivity contribution in [3.63, 3.8) is 0 Å². The first kappa shape index (κ1) is 18.3. The van der Waals surface area contributed by atoms with E-state index in [2.05, 4.69) is 15.5 Å². The van der Waals surface area contributed by atoms with E-state index in [1.807, 2.05) is 0 Å². The SMILES string of the molecule is O=C(Nc1ccc(F)cc1)c1nnc(C2CCCN(C(=O)c3ccco3)C2)s1. The van der Waals surface area contributed by atoms with Gasteiger partial charge in [-0.05, 0) is 49.2 Å². The summed E-state index contributed by atoms with van der Waals surface area (Å²) in [6.07, 6.45) is 3.19. The maximum atomic E-state index is 13.0. The van der Waals surface area contributed by atoms with E-state index in [0.717, 1.165) is 17.8 Å². The van der Waals surface area contributed by atoms with Crippen molar-refractivity contribution in [3.8, 4) is 0 Å². The van der Waals surface area contributed by atoms with Crippen molar-refractivity contribution in [1.29, 1.82) is 0 Å². The van der Waals surface area contributed by atoms with E-state index in [1.54, 1.807) is 17.0 Å². The third kappa shape index (κ3) is 3.94. The van der Waals surface area contributed by atoms with E-state index < -0.39 is 5.91 Å². The highest BCUT2D eigenvalue weighted by atomic mass is 32.1. The molecule has 3 aromatic rings. The predicted octanol–water partition coefficient (Wildman–Crippen LogP) is 3.54. The molecular formula is C19H17FN4O3S. The molecule has 9 heteroatoms. The van der Waals surface area contributed by atoms with Crippen LogP contribution in [0, 0.1) is 5.82 Å². The van der Waals surface area contributed by atoms with E-state index >= 15 is 0 Å². The second kappa shape index (κ2) is 7.89. The van der Waals surface area contributed by atoms with E-state index in [9.17, 15) is 14.0 Å². The fourth-order valence-electron chi connectivity index (χ4n) is 3.13. The molecule has 1 aromatic carbocycles. The fourth-order valence-corrected chi connectivity index (χ4v) is 3.99. The average Bonchev–Trinajstić information content (AvgIpc) is 3.41. The van der Waals surface area contributed by atoms with Crippen LogP contribution >= 0.6 is 11.3 Å². The molecule has 1 N–H and O–H groups in total. The van der Waals surface area contributed by atoms with E-state index in [4.69, 9.17) is 4.42 Å². The number of halogens is 1. The van der Waals surface area contributed by atoms with Crippen molar-refractivity contribution in [1.82, 2.24) is 15.1 Å². The van der Waals surface area contributed by atoms with Gasteiger partial charge in [0.2, 0.25) is 5.01 Å². The Morgan fingerprint density at radius 3 is 2.79 bits per heavy atom. The Morgan fingerprint density at radius 2 is 2.04 bits per heavy atom. The predicted molar refractivity (Wildman–Crippen MR) is 101 cm³/mol. The lowest BCUT2D eigenvalue weighted by molar-refractivity contribution is 0.0674. The van der Waals surface area contributed by atoms with Crippen LogP contribution in [-0.2, 0) is 0 Å². The third-order valence-corrected chi connectivity index (χ3v) is 5.61. The first-order valence-electron chi connectivity index (χ1n) is 8.83. The van der Waals surface area contributed by atoms with E-state index in [0.29, 0.717) is 24.5 Å². The minimum absolute atomic E-state index is 0.0255. The minimum Gasteiger partial charge on any atom is -0.459 e. The minimum atomic E-state index is -0.394. The first-order chi connectivity index (χ1) is 13.6. The van der Waals surface area contributed by atoms with Crippen molar-refractivity contribution >= 4 is 28.8 Å². The van der Waals surface area contributed by atoms with Crippen LogP contribution in [0.2, 0.25) is 0 Å². The van der Waals surface area contributed by atoms with Gasteiger partial charge in [0.25, 0.3) is 11.8 Å². The molecule has 0 radical (unpaired) electrons. The Morgan fingerprint density at radius 1 is 1.21 bits per heavy atom. The molecule has 0 spiro atoms. The first-order valence-corrected chi connectivity index (χ1v) is 9.65. The molecule has 1 unspecified atom stereocenters. The zero-order chi connectivity index (χ0) is 19.5. The van der Waals surface area contributed by atoms with E-state index in [1.165, 1.54) is 41.9 Å². The monoisotopic (exact) mass is 400 g/mol. The highest BCUT2D eigenvalue weighted by Crippen LogP contribution is 2.30. The number of carbonyl (C=O) groups excluding carboxylic acids is 2. The smallest absolute Gasteiger partial charge is 0.289 e. The summed E-state index contributed by atoms with van der Waals surface area (Å²) in [5, 5.41) is 11.8. The van der Waals surface area contributed by atoms with Gasteiger partial charge in [0.1, 0.15) is 10.8 Å². The number of likely N-dealkylation sites (tertiary alicyclic amines) is 1. The Kier molecular flexibility index (Phi) is 5.16. The number of furan rings is 1. The highest BCUT2D eigenvalue weighted by Gasteiger charge is 2.29. The lowest BCUT2D eigenvalue weighted by Gasteiger charge is -2.30. The molecule has 3 heterocycles. The van der Waals surface area contributed by atoms with Gasteiger partial charge in [-0.15, -0.1) is 10.2 Å². The van der Waals surface area contributed by atoms with Gasteiger partial charge in [-0.1, -0.05) is 11.3 Å². The van der Waals surface area contributed by atoms with Crippen molar-refractivity contribution in [3.05, 3.63) is 64.3 Å². The molecule has 1 saturated heterocycles. The van der Waals surface area contributed by atoms with Gasteiger partial charge in [0.15, 0.2) is 5.76 Å². The van der Waals surface area contributed by atoms with Crippen LogP contribution in [0.15, 0.2) is 47.1 Å². The molecule has 28 heavy (non-hydrogen) atoms. The number of benzene rings is 1. The second-order valence-electron chi connectivity index (χ2n) is 6.47. The number of rotatable bonds is 4. The molecular weight excluding hydrogens is 383 g/mol. The van der Waals surface area contributed by atoms with Crippen LogP contribution in [0.3, 0.4) is 0 Å². The normalized spacial score (nSPS) is 16.8. The Bertz CT molecular complexity index is 971. The molecule has 144 valence electrons. The lowest BCUT2D eigenvalue weighted by Crippen LogP contribution is -2.38. The summed E-state index contributed by atoms with van der Waals surface area (Å²) < 4.78 is 18.2. The molecule has 2 aromatic heterocycles.